The van der Waals surface area contributed by atoms with Crippen molar-refractivity contribution < 1.29 is 14.0 Å². The molecule has 2 amide bonds. The largest absolute Gasteiger partial charge is 0.368 e. The van der Waals surface area contributed by atoms with Gasteiger partial charge in [0, 0.05) is 18.8 Å². The number of carbonyl (C=O) groups excluding carboxylic acids is 2. The first-order valence-electron chi connectivity index (χ1n) is 6.84. The highest BCUT2D eigenvalue weighted by molar-refractivity contribution is 7.13. The topological polar surface area (TPSA) is 88.3 Å². The van der Waals surface area contributed by atoms with E-state index in [4.69, 9.17) is 5.73 Å². The number of primary amides is 1. The number of hydrogen-bond donors (Lipinski definition) is 2. The predicted octanol–water partition coefficient (Wildman–Crippen LogP) is 1.90. The molecule has 0 saturated heterocycles. The van der Waals surface area contributed by atoms with Crippen LogP contribution in [0.15, 0.2) is 29.6 Å². The maximum absolute atomic E-state index is 13.4. The van der Waals surface area contributed by atoms with Gasteiger partial charge in [-0.05, 0) is 24.7 Å². The molecule has 0 fully saturated rings. The third-order valence-electron chi connectivity index (χ3n) is 3.12. The second kappa shape index (κ2) is 7.30. The summed E-state index contributed by atoms with van der Waals surface area (Å²) in [4.78, 5) is 28.7. The Morgan fingerprint density at radius 3 is 2.83 bits per heavy atom. The van der Waals surface area contributed by atoms with E-state index in [1.807, 2.05) is 0 Å². The number of halogens is 1. The molecule has 0 bridgehead atoms. The van der Waals surface area contributed by atoms with Gasteiger partial charge in [0.05, 0.1) is 5.69 Å². The fraction of sp³-hybridized carbons (Fsp3) is 0.267. The third-order valence-corrected chi connectivity index (χ3v) is 3.93. The number of aromatic nitrogens is 1. The first kappa shape index (κ1) is 17.0. The summed E-state index contributed by atoms with van der Waals surface area (Å²) >= 11 is 1.29. The Hall–Kier alpha value is -2.32. The average molecular weight is 336 g/mol. The van der Waals surface area contributed by atoms with Crippen molar-refractivity contribution in [3.8, 4) is 0 Å². The summed E-state index contributed by atoms with van der Waals surface area (Å²) in [7, 11) is 1.71. The minimum atomic E-state index is -0.767. The van der Waals surface area contributed by atoms with Gasteiger partial charge in [0.25, 0.3) is 0 Å². The molecule has 1 aromatic carbocycles. The maximum Gasteiger partial charge on any atom is 0.239 e. The Balaban J connectivity index is 2.15. The smallest absolute Gasteiger partial charge is 0.239 e. The van der Waals surface area contributed by atoms with Crippen LogP contribution in [-0.2, 0) is 16.1 Å². The monoisotopic (exact) mass is 336 g/mol. The molecule has 1 atom stereocenters. The van der Waals surface area contributed by atoms with Crippen molar-refractivity contribution in [2.75, 3.05) is 12.4 Å². The van der Waals surface area contributed by atoms with Crippen LogP contribution in [0.25, 0.3) is 0 Å². The highest BCUT2D eigenvalue weighted by Crippen LogP contribution is 2.23. The summed E-state index contributed by atoms with van der Waals surface area (Å²) in [6.45, 7) is 1.74. The average Bonchev–Trinajstić information content (AvgIpc) is 2.84. The van der Waals surface area contributed by atoms with E-state index in [2.05, 4.69) is 10.3 Å². The van der Waals surface area contributed by atoms with Gasteiger partial charge in [0.2, 0.25) is 11.8 Å². The molecule has 2 aromatic rings. The van der Waals surface area contributed by atoms with Crippen LogP contribution in [0.2, 0.25) is 0 Å². The molecule has 23 heavy (non-hydrogen) atoms. The molecule has 1 unspecified atom stereocenters. The lowest BCUT2D eigenvalue weighted by Gasteiger charge is -2.25. The molecule has 0 spiro atoms. The van der Waals surface area contributed by atoms with Crippen molar-refractivity contribution in [1.29, 1.82) is 0 Å². The quantitative estimate of drug-likeness (QED) is 0.843. The lowest BCUT2D eigenvalue weighted by atomic mass is 10.0. The Kier molecular flexibility index (Phi) is 5.41. The Morgan fingerprint density at radius 1 is 1.48 bits per heavy atom. The van der Waals surface area contributed by atoms with Crippen LogP contribution in [0, 0.1) is 5.82 Å². The zero-order valence-corrected chi connectivity index (χ0v) is 13.6. The number of anilines is 1. The molecule has 0 aliphatic rings. The Labute approximate surface area is 137 Å². The number of carbonyl (C=O) groups is 2. The molecule has 0 radical (unpaired) electrons. The molecule has 3 N–H and O–H groups in total. The molecule has 0 aliphatic heterocycles. The van der Waals surface area contributed by atoms with Crippen LogP contribution in [0.1, 0.15) is 24.2 Å². The number of nitrogens with zero attached hydrogens (tertiary/aromatic N) is 2. The molecular weight excluding hydrogens is 319 g/mol. The first-order valence-corrected chi connectivity index (χ1v) is 7.72. The highest BCUT2D eigenvalue weighted by atomic mass is 32.1. The van der Waals surface area contributed by atoms with Crippen LogP contribution < -0.4 is 11.1 Å². The molecule has 1 heterocycles. The lowest BCUT2D eigenvalue weighted by molar-refractivity contribution is -0.123. The van der Waals surface area contributed by atoms with Crippen molar-refractivity contribution in [1.82, 2.24) is 9.88 Å². The van der Waals surface area contributed by atoms with Crippen molar-refractivity contribution in [3.63, 3.8) is 0 Å². The van der Waals surface area contributed by atoms with Gasteiger partial charge < -0.3 is 11.1 Å². The van der Waals surface area contributed by atoms with Gasteiger partial charge in [-0.3, -0.25) is 14.5 Å². The minimum Gasteiger partial charge on any atom is -0.368 e. The molecule has 122 valence electrons. The summed E-state index contributed by atoms with van der Waals surface area (Å²) in [5.74, 6) is -1.20. The van der Waals surface area contributed by atoms with Gasteiger partial charge >= 0.3 is 0 Å². The van der Waals surface area contributed by atoms with Crippen LogP contribution in [-0.4, -0.2) is 28.7 Å². The molecule has 8 heteroatoms. The van der Waals surface area contributed by atoms with Gasteiger partial charge in [-0.25, -0.2) is 9.37 Å². The number of nitrogens with two attached hydrogens (primary N) is 1. The van der Waals surface area contributed by atoms with Crippen LogP contribution in [0.5, 0.6) is 0 Å². The summed E-state index contributed by atoms with van der Waals surface area (Å²) in [5.41, 5.74) is 6.63. The zero-order chi connectivity index (χ0) is 17.0. The number of thiazole rings is 1. The van der Waals surface area contributed by atoms with Crippen molar-refractivity contribution in [2.45, 2.75) is 19.5 Å². The van der Waals surface area contributed by atoms with E-state index in [1.54, 1.807) is 23.4 Å². The molecular formula is C15H17FN4O2S. The third kappa shape index (κ3) is 4.57. The Bertz CT molecular complexity index is 719. The molecule has 0 saturated carbocycles. The summed E-state index contributed by atoms with van der Waals surface area (Å²) in [6.07, 6.45) is 0. The van der Waals surface area contributed by atoms with Gasteiger partial charge in [-0.15, -0.1) is 11.3 Å². The van der Waals surface area contributed by atoms with Crippen LogP contribution >= 0.6 is 11.3 Å². The lowest BCUT2D eigenvalue weighted by Crippen LogP contribution is -2.35. The van der Waals surface area contributed by atoms with Crippen molar-refractivity contribution >= 4 is 28.3 Å². The highest BCUT2D eigenvalue weighted by Gasteiger charge is 2.24. The molecule has 2 rings (SSSR count). The van der Waals surface area contributed by atoms with E-state index < -0.39 is 17.8 Å². The molecule has 1 aromatic heterocycles. The summed E-state index contributed by atoms with van der Waals surface area (Å²) in [5, 5.41) is 4.87. The number of benzene rings is 1. The van der Waals surface area contributed by atoms with E-state index in [0.29, 0.717) is 22.9 Å². The van der Waals surface area contributed by atoms with Crippen molar-refractivity contribution in [2.24, 2.45) is 5.73 Å². The molecule has 0 aliphatic carbocycles. The normalized spacial score (nSPS) is 12.2. The number of likely N-dealkylation sites (N-methyl/N-ethyl adjacent to an activating group) is 1. The summed E-state index contributed by atoms with van der Waals surface area (Å²) < 4.78 is 13.4. The SMILES string of the molecule is CC(=O)Nc1nc(CN(C)C(C(N)=O)c2cccc(F)c2)cs1. The van der Waals surface area contributed by atoms with E-state index in [9.17, 15) is 14.0 Å². The fourth-order valence-electron chi connectivity index (χ4n) is 2.25. The number of rotatable bonds is 6. The van der Waals surface area contributed by atoms with E-state index in [0.717, 1.165) is 0 Å². The Morgan fingerprint density at radius 2 is 2.22 bits per heavy atom. The molecule has 6 nitrogen and oxygen atoms in total. The van der Waals surface area contributed by atoms with E-state index in [-0.39, 0.29) is 5.91 Å². The second-order valence-corrected chi connectivity index (χ2v) is 5.96. The van der Waals surface area contributed by atoms with Gasteiger partial charge in [-0.2, -0.15) is 0 Å². The van der Waals surface area contributed by atoms with Gasteiger partial charge in [-0.1, -0.05) is 12.1 Å². The summed E-state index contributed by atoms with van der Waals surface area (Å²) in [6, 6.07) is 5.01. The predicted molar refractivity (Wildman–Crippen MR) is 86.2 cm³/mol. The van der Waals surface area contributed by atoms with E-state index in [1.165, 1.54) is 36.5 Å². The fourth-order valence-corrected chi connectivity index (χ4v) is 2.99. The number of nitrogens with one attached hydrogen (secondary N) is 1. The van der Waals surface area contributed by atoms with Crippen molar-refractivity contribution in [3.05, 3.63) is 46.7 Å². The maximum atomic E-state index is 13.4. The van der Waals surface area contributed by atoms with Crippen LogP contribution in [0.4, 0.5) is 9.52 Å². The standard InChI is InChI=1S/C15H17FN4O2S/c1-9(21)18-15-19-12(8-23-15)7-20(2)13(14(17)22)10-4-3-5-11(16)6-10/h3-6,8,13H,7H2,1-2H3,(H2,17,22)(H,18,19,21). The second-order valence-electron chi connectivity index (χ2n) is 5.10. The number of hydrogen-bond acceptors (Lipinski definition) is 5. The zero-order valence-electron chi connectivity index (χ0n) is 12.7. The van der Waals surface area contributed by atoms with Gasteiger partial charge in [0.1, 0.15) is 11.9 Å². The van der Waals surface area contributed by atoms with Crippen LogP contribution in [0.3, 0.4) is 0 Å². The number of amides is 2. The first-order chi connectivity index (χ1) is 10.9. The van der Waals surface area contributed by atoms with E-state index >= 15 is 0 Å². The van der Waals surface area contributed by atoms with Gasteiger partial charge in [0.15, 0.2) is 5.13 Å². The minimum absolute atomic E-state index is 0.200.